The molecule has 1 heterocycles. The minimum atomic E-state index is -0.343. The molecule has 0 saturated heterocycles. The van der Waals surface area contributed by atoms with Crippen molar-refractivity contribution in [2.45, 2.75) is 13.8 Å². The van der Waals surface area contributed by atoms with E-state index >= 15 is 0 Å². The first-order valence-corrected chi connectivity index (χ1v) is 10.7. The van der Waals surface area contributed by atoms with E-state index in [1.54, 1.807) is 54.6 Å². The van der Waals surface area contributed by atoms with Crippen LogP contribution in [0.3, 0.4) is 0 Å². The molecule has 0 atom stereocenters. The minimum absolute atomic E-state index is 0.311. The quantitative estimate of drug-likeness (QED) is 0.348. The van der Waals surface area contributed by atoms with Gasteiger partial charge in [0, 0.05) is 15.7 Å². The Labute approximate surface area is 193 Å². The van der Waals surface area contributed by atoms with Gasteiger partial charge >= 0.3 is 0 Å². The smallest absolute Gasteiger partial charge is 0.257 e. The zero-order valence-electron chi connectivity index (χ0n) is 17.5. The summed E-state index contributed by atoms with van der Waals surface area (Å²) >= 11 is 3.38. The molecule has 32 heavy (non-hydrogen) atoms. The Hall–Kier alpha value is -3.71. The van der Waals surface area contributed by atoms with E-state index in [1.807, 2.05) is 32.0 Å². The van der Waals surface area contributed by atoms with Crippen LogP contribution < -0.4 is 10.6 Å². The number of aryl methyl sites for hydroxylation is 2. The van der Waals surface area contributed by atoms with Gasteiger partial charge in [-0.15, -0.1) is 0 Å². The fourth-order valence-electron chi connectivity index (χ4n) is 3.15. The lowest BCUT2D eigenvalue weighted by atomic mass is 10.1. The highest BCUT2D eigenvalue weighted by molar-refractivity contribution is 9.10. The van der Waals surface area contributed by atoms with E-state index < -0.39 is 0 Å². The van der Waals surface area contributed by atoms with Gasteiger partial charge in [0.25, 0.3) is 11.8 Å². The molecule has 4 rings (SSSR count). The molecular formula is C25H20BrN3O3. The molecule has 2 amide bonds. The summed E-state index contributed by atoms with van der Waals surface area (Å²) < 4.78 is 6.36. The van der Waals surface area contributed by atoms with E-state index in [-0.39, 0.29) is 11.8 Å². The standard InChI is InChI=1S/C25H20BrN3O3/c1-15-16(2)32-25(27-15)17-8-7-9-18(14-17)28-24(31)20-11-4-6-13-22(20)29-23(30)19-10-3-5-12-21(19)26/h3-14H,1-2H3,(H,28,31)(H,29,30). The Balaban J connectivity index is 1.55. The van der Waals surface area contributed by atoms with Gasteiger partial charge in [0.15, 0.2) is 0 Å². The number of amides is 2. The monoisotopic (exact) mass is 489 g/mol. The van der Waals surface area contributed by atoms with Crippen molar-refractivity contribution >= 4 is 39.1 Å². The number of para-hydroxylation sites is 1. The predicted molar refractivity (Wildman–Crippen MR) is 128 cm³/mol. The first kappa shape index (κ1) is 21.5. The van der Waals surface area contributed by atoms with Crippen LogP contribution in [0.4, 0.5) is 11.4 Å². The van der Waals surface area contributed by atoms with Crippen molar-refractivity contribution in [1.29, 1.82) is 0 Å². The van der Waals surface area contributed by atoms with Crippen LogP contribution in [0.5, 0.6) is 0 Å². The van der Waals surface area contributed by atoms with Gasteiger partial charge < -0.3 is 15.1 Å². The second kappa shape index (κ2) is 9.20. The molecule has 0 spiro atoms. The molecule has 1 aromatic heterocycles. The molecule has 0 bridgehead atoms. The van der Waals surface area contributed by atoms with E-state index in [4.69, 9.17) is 4.42 Å². The molecule has 0 aliphatic heterocycles. The van der Waals surface area contributed by atoms with Gasteiger partial charge in [-0.25, -0.2) is 4.98 Å². The average Bonchev–Trinajstić information content (AvgIpc) is 3.13. The number of benzene rings is 3. The van der Waals surface area contributed by atoms with E-state index in [0.717, 1.165) is 17.0 Å². The molecule has 2 N–H and O–H groups in total. The molecular weight excluding hydrogens is 470 g/mol. The van der Waals surface area contributed by atoms with Crippen LogP contribution in [-0.2, 0) is 0 Å². The number of nitrogens with zero attached hydrogens (tertiary/aromatic N) is 1. The van der Waals surface area contributed by atoms with E-state index in [1.165, 1.54) is 0 Å². The van der Waals surface area contributed by atoms with Gasteiger partial charge in [0.2, 0.25) is 5.89 Å². The zero-order chi connectivity index (χ0) is 22.7. The highest BCUT2D eigenvalue weighted by Gasteiger charge is 2.16. The first-order chi connectivity index (χ1) is 15.4. The molecule has 0 aliphatic rings. The molecule has 7 heteroatoms. The number of rotatable bonds is 5. The molecule has 0 unspecified atom stereocenters. The largest absolute Gasteiger partial charge is 0.441 e. The number of aromatic nitrogens is 1. The topological polar surface area (TPSA) is 84.2 Å². The normalized spacial score (nSPS) is 10.6. The zero-order valence-corrected chi connectivity index (χ0v) is 19.1. The second-order valence-electron chi connectivity index (χ2n) is 7.18. The van der Waals surface area contributed by atoms with Crippen molar-refractivity contribution in [3.63, 3.8) is 0 Å². The van der Waals surface area contributed by atoms with Crippen molar-refractivity contribution in [3.8, 4) is 11.5 Å². The maximum absolute atomic E-state index is 13.0. The highest BCUT2D eigenvalue weighted by Crippen LogP contribution is 2.25. The molecule has 4 aromatic rings. The lowest BCUT2D eigenvalue weighted by molar-refractivity contribution is 0.102. The Morgan fingerprint density at radius 1 is 0.844 bits per heavy atom. The van der Waals surface area contributed by atoms with Gasteiger partial charge in [-0.3, -0.25) is 9.59 Å². The molecule has 0 radical (unpaired) electrons. The maximum Gasteiger partial charge on any atom is 0.257 e. The fraction of sp³-hybridized carbons (Fsp3) is 0.0800. The summed E-state index contributed by atoms with van der Waals surface area (Å²) in [4.78, 5) is 30.1. The average molecular weight is 490 g/mol. The van der Waals surface area contributed by atoms with Crippen LogP contribution in [0, 0.1) is 13.8 Å². The Morgan fingerprint density at radius 3 is 2.25 bits per heavy atom. The Bertz CT molecular complexity index is 1290. The summed E-state index contributed by atoms with van der Waals surface area (Å²) in [5.74, 6) is 0.598. The first-order valence-electron chi connectivity index (χ1n) is 9.93. The molecule has 3 aromatic carbocycles. The third-order valence-electron chi connectivity index (χ3n) is 4.93. The van der Waals surface area contributed by atoms with Crippen molar-refractivity contribution in [2.75, 3.05) is 10.6 Å². The summed E-state index contributed by atoms with van der Waals surface area (Å²) in [6.45, 7) is 3.74. The number of oxazole rings is 1. The number of hydrogen-bond donors (Lipinski definition) is 2. The third-order valence-corrected chi connectivity index (χ3v) is 5.63. The van der Waals surface area contributed by atoms with Crippen LogP contribution >= 0.6 is 15.9 Å². The summed E-state index contributed by atoms with van der Waals surface area (Å²) in [5, 5.41) is 5.71. The van der Waals surface area contributed by atoms with Gasteiger partial charge in [-0.05, 0) is 72.2 Å². The summed E-state index contributed by atoms with van der Waals surface area (Å²) in [7, 11) is 0. The van der Waals surface area contributed by atoms with Crippen LogP contribution in [0.2, 0.25) is 0 Å². The van der Waals surface area contributed by atoms with Gasteiger partial charge in [-0.1, -0.05) is 30.3 Å². The van der Waals surface area contributed by atoms with Crippen molar-refractivity contribution < 1.29 is 14.0 Å². The fourth-order valence-corrected chi connectivity index (χ4v) is 3.61. The van der Waals surface area contributed by atoms with E-state index in [9.17, 15) is 9.59 Å². The summed E-state index contributed by atoms with van der Waals surface area (Å²) in [6, 6.07) is 21.2. The summed E-state index contributed by atoms with van der Waals surface area (Å²) in [5.41, 5.74) is 3.42. The van der Waals surface area contributed by atoms with Crippen LogP contribution in [0.15, 0.2) is 81.7 Å². The molecule has 0 saturated carbocycles. The van der Waals surface area contributed by atoms with Gasteiger partial charge in [0.05, 0.1) is 22.5 Å². The number of carbonyl (C=O) groups is 2. The van der Waals surface area contributed by atoms with Crippen molar-refractivity contribution in [2.24, 2.45) is 0 Å². The third kappa shape index (κ3) is 4.63. The minimum Gasteiger partial charge on any atom is -0.441 e. The molecule has 160 valence electrons. The highest BCUT2D eigenvalue weighted by atomic mass is 79.9. The SMILES string of the molecule is Cc1nc(-c2cccc(NC(=O)c3ccccc3NC(=O)c3ccccc3Br)c2)oc1C. The Morgan fingerprint density at radius 2 is 1.53 bits per heavy atom. The van der Waals surface area contributed by atoms with Gasteiger partial charge in [-0.2, -0.15) is 0 Å². The van der Waals surface area contributed by atoms with Crippen molar-refractivity contribution in [1.82, 2.24) is 4.98 Å². The second-order valence-corrected chi connectivity index (χ2v) is 8.03. The number of halogens is 1. The number of hydrogen-bond acceptors (Lipinski definition) is 4. The number of carbonyl (C=O) groups excluding carboxylic acids is 2. The van der Waals surface area contributed by atoms with Gasteiger partial charge in [0.1, 0.15) is 5.76 Å². The molecule has 0 aliphatic carbocycles. The van der Waals surface area contributed by atoms with Crippen LogP contribution in [0.25, 0.3) is 11.5 Å². The summed E-state index contributed by atoms with van der Waals surface area (Å²) in [6.07, 6.45) is 0. The van der Waals surface area contributed by atoms with Crippen LogP contribution in [0.1, 0.15) is 32.2 Å². The number of nitrogens with one attached hydrogen (secondary N) is 2. The lowest BCUT2D eigenvalue weighted by Gasteiger charge is -2.12. The predicted octanol–water partition coefficient (Wildman–Crippen LogP) is 6.23. The molecule has 0 fully saturated rings. The van der Waals surface area contributed by atoms with E-state index in [2.05, 4.69) is 31.5 Å². The number of anilines is 2. The van der Waals surface area contributed by atoms with E-state index in [0.29, 0.717) is 32.9 Å². The maximum atomic E-state index is 13.0. The molecule has 6 nitrogen and oxygen atoms in total. The lowest BCUT2D eigenvalue weighted by Crippen LogP contribution is -2.18. The van der Waals surface area contributed by atoms with Crippen LogP contribution in [-0.4, -0.2) is 16.8 Å². The Kier molecular flexibility index (Phi) is 6.18. The van der Waals surface area contributed by atoms with Crippen molar-refractivity contribution in [3.05, 3.63) is 99.9 Å².